The predicted molar refractivity (Wildman–Crippen MR) is 74.7 cm³/mol. The number of hydrogen-bond acceptors (Lipinski definition) is 3. The molecule has 4 nitrogen and oxygen atoms in total. The van der Waals surface area contributed by atoms with Crippen LogP contribution in [0.2, 0.25) is 5.02 Å². The van der Waals surface area contributed by atoms with Gasteiger partial charge in [-0.2, -0.15) is 0 Å². The van der Waals surface area contributed by atoms with E-state index < -0.39 is 0 Å². The summed E-state index contributed by atoms with van der Waals surface area (Å²) < 4.78 is 5.61. The number of nitrogens with two attached hydrogens (primary N) is 1. The van der Waals surface area contributed by atoms with Crippen molar-refractivity contribution < 1.29 is 9.94 Å². The Morgan fingerprint density at radius 3 is 2.63 bits per heavy atom. The van der Waals surface area contributed by atoms with E-state index in [1.54, 1.807) is 30.3 Å². The van der Waals surface area contributed by atoms with Crippen LogP contribution in [0.15, 0.2) is 53.7 Å². The van der Waals surface area contributed by atoms with Gasteiger partial charge in [0, 0.05) is 10.6 Å². The van der Waals surface area contributed by atoms with Crippen LogP contribution in [0, 0.1) is 0 Å². The Morgan fingerprint density at radius 1 is 1.21 bits per heavy atom. The standard InChI is InChI=1S/C14H13ClN2O2/c15-12-4-6-13(7-5-12)19-9-10-2-1-3-11(8-10)14(16)17-18/h1-8,18H,9H2,(H2,16,17). The van der Waals surface area contributed by atoms with Gasteiger partial charge in [-0.1, -0.05) is 35.0 Å². The van der Waals surface area contributed by atoms with Gasteiger partial charge in [-0.25, -0.2) is 0 Å². The Kier molecular flexibility index (Phi) is 4.26. The van der Waals surface area contributed by atoms with Gasteiger partial charge in [0.15, 0.2) is 5.84 Å². The lowest BCUT2D eigenvalue weighted by Crippen LogP contribution is -2.13. The molecule has 0 saturated carbocycles. The van der Waals surface area contributed by atoms with Crippen LogP contribution >= 0.6 is 11.6 Å². The van der Waals surface area contributed by atoms with Crippen molar-refractivity contribution >= 4 is 17.4 Å². The van der Waals surface area contributed by atoms with Gasteiger partial charge in [-0.3, -0.25) is 0 Å². The Morgan fingerprint density at radius 2 is 1.95 bits per heavy atom. The van der Waals surface area contributed by atoms with Gasteiger partial charge in [0.2, 0.25) is 0 Å². The second-order valence-corrected chi connectivity index (χ2v) is 4.36. The Hall–Kier alpha value is -2.20. The first-order valence-electron chi connectivity index (χ1n) is 5.64. The lowest BCUT2D eigenvalue weighted by molar-refractivity contribution is 0.306. The fourth-order valence-electron chi connectivity index (χ4n) is 1.58. The van der Waals surface area contributed by atoms with Crippen molar-refractivity contribution in [1.82, 2.24) is 0 Å². The van der Waals surface area contributed by atoms with Gasteiger partial charge in [0.1, 0.15) is 12.4 Å². The molecule has 0 fully saturated rings. The minimum Gasteiger partial charge on any atom is -0.489 e. The summed E-state index contributed by atoms with van der Waals surface area (Å²) in [4.78, 5) is 0. The van der Waals surface area contributed by atoms with E-state index in [0.29, 0.717) is 17.2 Å². The minimum absolute atomic E-state index is 0.0772. The average Bonchev–Trinajstić information content (AvgIpc) is 2.46. The van der Waals surface area contributed by atoms with Crippen molar-refractivity contribution in [3.8, 4) is 5.75 Å². The summed E-state index contributed by atoms with van der Waals surface area (Å²) in [5, 5.41) is 12.3. The van der Waals surface area contributed by atoms with Crippen molar-refractivity contribution in [2.45, 2.75) is 6.61 Å². The zero-order chi connectivity index (χ0) is 13.7. The van der Waals surface area contributed by atoms with Gasteiger partial charge in [-0.05, 0) is 35.9 Å². The molecule has 0 aliphatic rings. The van der Waals surface area contributed by atoms with Crippen LogP contribution in [0.5, 0.6) is 5.75 Å². The second kappa shape index (κ2) is 6.11. The summed E-state index contributed by atoms with van der Waals surface area (Å²) in [6.45, 7) is 0.397. The molecule has 0 aliphatic carbocycles. The van der Waals surface area contributed by atoms with E-state index >= 15 is 0 Å². The van der Waals surface area contributed by atoms with Gasteiger partial charge < -0.3 is 15.7 Å². The van der Waals surface area contributed by atoms with Crippen molar-refractivity contribution in [3.05, 3.63) is 64.7 Å². The summed E-state index contributed by atoms with van der Waals surface area (Å²) >= 11 is 5.79. The van der Waals surface area contributed by atoms with E-state index in [2.05, 4.69) is 5.16 Å². The highest BCUT2D eigenvalue weighted by Crippen LogP contribution is 2.17. The molecule has 0 unspecified atom stereocenters. The molecule has 0 saturated heterocycles. The minimum atomic E-state index is 0.0772. The van der Waals surface area contributed by atoms with E-state index in [1.165, 1.54) is 0 Å². The molecule has 5 heteroatoms. The quantitative estimate of drug-likeness (QED) is 0.390. The van der Waals surface area contributed by atoms with Crippen LogP contribution < -0.4 is 10.5 Å². The molecule has 0 spiro atoms. The molecule has 3 N–H and O–H groups in total. The highest BCUT2D eigenvalue weighted by Gasteiger charge is 2.01. The third-order valence-electron chi connectivity index (χ3n) is 2.55. The fraction of sp³-hybridized carbons (Fsp3) is 0.0714. The van der Waals surface area contributed by atoms with Crippen LogP contribution in [0.3, 0.4) is 0 Å². The molecule has 19 heavy (non-hydrogen) atoms. The molecule has 0 atom stereocenters. The number of nitrogens with zero attached hydrogens (tertiary/aromatic N) is 1. The van der Waals surface area contributed by atoms with E-state index in [1.807, 2.05) is 18.2 Å². The Balaban J connectivity index is 2.05. The van der Waals surface area contributed by atoms with Crippen LogP contribution in [-0.4, -0.2) is 11.0 Å². The zero-order valence-electron chi connectivity index (χ0n) is 10.1. The highest BCUT2D eigenvalue weighted by atomic mass is 35.5. The van der Waals surface area contributed by atoms with E-state index in [4.69, 9.17) is 27.3 Å². The second-order valence-electron chi connectivity index (χ2n) is 3.93. The van der Waals surface area contributed by atoms with Crippen LogP contribution in [0.1, 0.15) is 11.1 Å². The smallest absolute Gasteiger partial charge is 0.170 e. The number of amidine groups is 1. The number of rotatable bonds is 4. The zero-order valence-corrected chi connectivity index (χ0v) is 10.8. The first kappa shape index (κ1) is 13.2. The molecular weight excluding hydrogens is 264 g/mol. The van der Waals surface area contributed by atoms with Gasteiger partial charge in [0.05, 0.1) is 0 Å². The molecular formula is C14H13ClN2O2. The molecule has 0 aromatic heterocycles. The third kappa shape index (κ3) is 3.63. The van der Waals surface area contributed by atoms with E-state index in [-0.39, 0.29) is 5.84 Å². The highest BCUT2D eigenvalue weighted by molar-refractivity contribution is 6.30. The largest absolute Gasteiger partial charge is 0.489 e. The molecule has 2 aromatic rings. The number of ether oxygens (including phenoxy) is 1. The van der Waals surface area contributed by atoms with Crippen molar-refractivity contribution in [1.29, 1.82) is 0 Å². The molecule has 0 bridgehead atoms. The Bertz CT molecular complexity index is 582. The van der Waals surface area contributed by atoms with Gasteiger partial charge >= 0.3 is 0 Å². The summed E-state index contributed by atoms with van der Waals surface area (Å²) in [5.74, 6) is 0.812. The van der Waals surface area contributed by atoms with Crippen LogP contribution in [0.4, 0.5) is 0 Å². The maximum atomic E-state index is 8.63. The third-order valence-corrected chi connectivity index (χ3v) is 2.80. The molecule has 0 heterocycles. The van der Waals surface area contributed by atoms with Crippen molar-refractivity contribution in [2.75, 3.05) is 0 Å². The van der Waals surface area contributed by atoms with E-state index in [9.17, 15) is 0 Å². The van der Waals surface area contributed by atoms with Crippen LogP contribution in [0.25, 0.3) is 0 Å². The predicted octanol–water partition coefficient (Wildman–Crippen LogP) is 3.01. The van der Waals surface area contributed by atoms with Gasteiger partial charge in [0.25, 0.3) is 0 Å². The molecule has 2 rings (SSSR count). The summed E-state index contributed by atoms with van der Waals surface area (Å²) in [5.41, 5.74) is 7.11. The van der Waals surface area contributed by atoms with Gasteiger partial charge in [-0.15, -0.1) is 0 Å². The first-order valence-corrected chi connectivity index (χ1v) is 6.02. The first-order chi connectivity index (χ1) is 9.19. The monoisotopic (exact) mass is 276 g/mol. The van der Waals surface area contributed by atoms with E-state index in [0.717, 1.165) is 11.3 Å². The molecule has 0 aliphatic heterocycles. The molecule has 0 radical (unpaired) electrons. The van der Waals surface area contributed by atoms with Crippen molar-refractivity contribution in [2.24, 2.45) is 10.9 Å². The Labute approximate surface area is 116 Å². The molecule has 2 aromatic carbocycles. The lowest BCUT2D eigenvalue weighted by Gasteiger charge is -2.07. The lowest BCUT2D eigenvalue weighted by atomic mass is 10.1. The summed E-state index contributed by atoms with van der Waals surface area (Å²) in [6.07, 6.45) is 0. The molecule has 0 amide bonds. The topological polar surface area (TPSA) is 67.8 Å². The number of benzene rings is 2. The maximum absolute atomic E-state index is 8.63. The molecule has 98 valence electrons. The number of hydrogen-bond donors (Lipinski definition) is 2. The average molecular weight is 277 g/mol. The summed E-state index contributed by atoms with van der Waals surface area (Å²) in [7, 11) is 0. The van der Waals surface area contributed by atoms with Crippen LogP contribution in [-0.2, 0) is 6.61 Å². The summed E-state index contributed by atoms with van der Waals surface area (Å²) in [6, 6.07) is 14.4. The normalized spacial score (nSPS) is 11.3. The van der Waals surface area contributed by atoms with Crippen molar-refractivity contribution in [3.63, 3.8) is 0 Å². The number of halogens is 1. The number of oxime groups is 1. The fourth-order valence-corrected chi connectivity index (χ4v) is 1.70. The SMILES string of the molecule is NC(=NO)c1cccc(COc2ccc(Cl)cc2)c1. The maximum Gasteiger partial charge on any atom is 0.170 e.